The highest BCUT2D eigenvalue weighted by Crippen LogP contribution is 2.36. The number of nitrogens with one attached hydrogen (secondary N) is 1. The molecule has 2 amide bonds. The SMILES string of the molecule is CC1Oc2ccc(NC(=O)c3cccc(Cl)c3)cc2N(CCOc2ccccc2)C1=O. The molecule has 31 heavy (non-hydrogen) atoms. The predicted octanol–water partition coefficient (Wildman–Crippen LogP) is 4.79. The number of benzene rings is 3. The Morgan fingerprint density at radius 1 is 1.10 bits per heavy atom. The summed E-state index contributed by atoms with van der Waals surface area (Å²) < 4.78 is 11.5. The van der Waals surface area contributed by atoms with Crippen LogP contribution in [0, 0.1) is 0 Å². The Hall–Kier alpha value is -3.51. The van der Waals surface area contributed by atoms with Gasteiger partial charge in [0.1, 0.15) is 18.1 Å². The molecule has 0 radical (unpaired) electrons. The summed E-state index contributed by atoms with van der Waals surface area (Å²) in [5.41, 5.74) is 1.58. The maximum atomic E-state index is 12.8. The quantitative estimate of drug-likeness (QED) is 0.603. The number of hydrogen-bond donors (Lipinski definition) is 1. The topological polar surface area (TPSA) is 67.9 Å². The van der Waals surface area contributed by atoms with Crippen molar-refractivity contribution in [3.8, 4) is 11.5 Å². The molecule has 1 N–H and O–H groups in total. The average molecular weight is 437 g/mol. The van der Waals surface area contributed by atoms with E-state index in [0.717, 1.165) is 5.75 Å². The van der Waals surface area contributed by atoms with E-state index in [9.17, 15) is 9.59 Å². The molecule has 1 aliphatic heterocycles. The van der Waals surface area contributed by atoms with Crippen LogP contribution < -0.4 is 19.7 Å². The Bertz CT molecular complexity index is 1100. The van der Waals surface area contributed by atoms with Crippen LogP contribution in [0.2, 0.25) is 5.02 Å². The van der Waals surface area contributed by atoms with Crippen LogP contribution >= 0.6 is 11.6 Å². The fourth-order valence-electron chi connectivity index (χ4n) is 3.32. The first-order chi connectivity index (χ1) is 15.0. The Morgan fingerprint density at radius 2 is 1.90 bits per heavy atom. The first kappa shape index (κ1) is 20.8. The third-order valence-electron chi connectivity index (χ3n) is 4.84. The summed E-state index contributed by atoms with van der Waals surface area (Å²) >= 11 is 5.98. The van der Waals surface area contributed by atoms with Crippen molar-refractivity contribution >= 4 is 34.8 Å². The predicted molar refractivity (Wildman–Crippen MR) is 120 cm³/mol. The molecule has 1 unspecified atom stereocenters. The van der Waals surface area contributed by atoms with Crippen molar-refractivity contribution in [2.45, 2.75) is 13.0 Å². The van der Waals surface area contributed by atoms with E-state index in [-0.39, 0.29) is 11.8 Å². The molecule has 0 bridgehead atoms. The zero-order valence-electron chi connectivity index (χ0n) is 16.9. The molecule has 0 saturated carbocycles. The second-order valence-corrected chi connectivity index (χ2v) is 7.49. The Balaban J connectivity index is 1.52. The number of halogens is 1. The normalized spacial score (nSPS) is 15.1. The number of fused-ring (bicyclic) bond motifs is 1. The van der Waals surface area contributed by atoms with Gasteiger partial charge in [0.2, 0.25) is 0 Å². The van der Waals surface area contributed by atoms with Crippen molar-refractivity contribution in [1.82, 2.24) is 0 Å². The largest absolute Gasteiger partial charge is 0.492 e. The Kier molecular flexibility index (Phi) is 6.09. The van der Waals surface area contributed by atoms with Crippen molar-refractivity contribution in [2.24, 2.45) is 0 Å². The molecule has 158 valence electrons. The summed E-state index contributed by atoms with van der Waals surface area (Å²) in [4.78, 5) is 27.0. The number of carbonyl (C=O) groups is 2. The lowest BCUT2D eigenvalue weighted by atomic mass is 10.1. The molecule has 0 saturated heterocycles. The molecule has 1 atom stereocenters. The second-order valence-electron chi connectivity index (χ2n) is 7.06. The number of rotatable bonds is 6. The highest BCUT2D eigenvalue weighted by Gasteiger charge is 2.31. The number of amides is 2. The molecule has 1 heterocycles. The van der Waals surface area contributed by atoms with Crippen LogP contribution in [0.5, 0.6) is 11.5 Å². The van der Waals surface area contributed by atoms with Crippen molar-refractivity contribution in [3.63, 3.8) is 0 Å². The van der Waals surface area contributed by atoms with Crippen LogP contribution in [-0.2, 0) is 4.79 Å². The lowest BCUT2D eigenvalue weighted by Crippen LogP contribution is -2.46. The fourth-order valence-corrected chi connectivity index (χ4v) is 3.51. The minimum atomic E-state index is -0.601. The smallest absolute Gasteiger partial charge is 0.267 e. The molecule has 3 aromatic carbocycles. The molecular formula is C24H21ClN2O4. The minimum absolute atomic E-state index is 0.164. The van der Waals surface area contributed by atoms with Crippen LogP contribution in [0.15, 0.2) is 72.8 Å². The monoisotopic (exact) mass is 436 g/mol. The van der Waals surface area contributed by atoms with E-state index in [2.05, 4.69) is 5.32 Å². The Labute approximate surface area is 185 Å². The van der Waals surface area contributed by atoms with Crippen molar-refractivity contribution in [1.29, 1.82) is 0 Å². The number of para-hydroxylation sites is 1. The number of anilines is 2. The fraction of sp³-hybridized carbons (Fsp3) is 0.167. The summed E-state index contributed by atoms with van der Waals surface area (Å²) in [5, 5.41) is 3.32. The molecule has 1 aliphatic rings. The van der Waals surface area contributed by atoms with Crippen molar-refractivity contribution in [2.75, 3.05) is 23.4 Å². The van der Waals surface area contributed by atoms with Gasteiger partial charge in [-0.25, -0.2) is 0 Å². The van der Waals surface area contributed by atoms with Gasteiger partial charge in [0, 0.05) is 16.3 Å². The minimum Gasteiger partial charge on any atom is -0.492 e. The van der Waals surface area contributed by atoms with E-state index in [1.165, 1.54) is 0 Å². The highest BCUT2D eigenvalue weighted by atomic mass is 35.5. The van der Waals surface area contributed by atoms with E-state index in [1.54, 1.807) is 54.3 Å². The first-order valence-corrected chi connectivity index (χ1v) is 10.3. The van der Waals surface area contributed by atoms with Gasteiger partial charge in [-0.3, -0.25) is 9.59 Å². The molecule has 6 nitrogen and oxygen atoms in total. The van der Waals surface area contributed by atoms with Gasteiger partial charge in [0.05, 0.1) is 12.2 Å². The maximum absolute atomic E-state index is 12.8. The van der Waals surface area contributed by atoms with E-state index in [0.29, 0.717) is 40.9 Å². The third-order valence-corrected chi connectivity index (χ3v) is 5.07. The van der Waals surface area contributed by atoms with Crippen molar-refractivity contribution < 1.29 is 19.1 Å². The maximum Gasteiger partial charge on any atom is 0.267 e. The van der Waals surface area contributed by atoms with Gasteiger partial charge in [0.15, 0.2) is 6.10 Å². The van der Waals surface area contributed by atoms with Crippen LogP contribution in [0.3, 0.4) is 0 Å². The van der Waals surface area contributed by atoms with Gasteiger partial charge in [0.25, 0.3) is 11.8 Å². The molecule has 0 spiro atoms. The summed E-state index contributed by atoms with van der Waals surface area (Å²) in [6, 6.07) is 21.3. The van der Waals surface area contributed by atoms with Crippen LogP contribution in [0.25, 0.3) is 0 Å². The van der Waals surface area contributed by atoms with Crippen molar-refractivity contribution in [3.05, 3.63) is 83.4 Å². The number of carbonyl (C=O) groups excluding carboxylic acids is 2. The molecule has 0 aromatic heterocycles. The molecule has 7 heteroatoms. The average Bonchev–Trinajstić information content (AvgIpc) is 2.77. The number of ether oxygens (including phenoxy) is 2. The van der Waals surface area contributed by atoms with E-state index >= 15 is 0 Å². The summed E-state index contributed by atoms with van der Waals surface area (Å²) in [6.07, 6.45) is -0.601. The zero-order chi connectivity index (χ0) is 21.8. The van der Waals surface area contributed by atoms with Crippen LogP contribution in [-0.4, -0.2) is 31.1 Å². The van der Waals surface area contributed by atoms with Crippen LogP contribution in [0.1, 0.15) is 17.3 Å². The Morgan fingerprint density at radius 3 is 2.68 bits per heavy atom. The first-order valence-electron chi connectivity index (χ1n) is 9.88. The number of nitrogens with zero attached hydrogens (tertiary/aromatic N) is 1. The standard InChI is InChI=1S/C24H21ClN2O4/c1-16-24(29)27(12-13-30-20-8-3-2-4-9-20)21-15-19(10-11-22(21)31-16)26-23(28)17-6-5-7-18(25)14-17/h2-11,14-16H,12-13H2,1H3,(H,26,28). The van der Waals surface area contributed by atoms with Crippen LogP contribution in [0.4, 0.5) is 11.4 Å². The van der Waals surface area contributed by atoms with Gasteiger partial charge < -0.3 is 19.7 Å². The van der Waals surface area contributed by atoms with Gasteiger partial charge in [-0.1, -0.05) is 35.9 Å². The highest BCUT2D eigenvalue weighted by molar-refractivity contribution is 6.31. The second kappa shape index (κ2) is 9.10. The molecule has 4 rings (SSSR count). The van der Waals surface area contributed by atoms with Gasteiger partial charge in [-0.2, -0.15) is 0 Å². The van der Waals surface area contributed by atoms with E-state index in [1.807, 2.05) is 30.3 Å². The molecule has 3 aromatic rings. The van der Waals surface area contributed by atoms with Gasteiger partial charge in [-0.05, 0) is 55.5 Å². The van der Waals surface area contributed by atoms with Gasteiger partial charge in [-0.15, -0.1) is 0 Å². The summed E-state index contributed by atoms with van der Waals surface area (Å²) in [7, 11) is 0. The lowest BCUT2D eigenvalue weighted by Gasteiger charge is -2.33. The number of hydrogen-bond acceptors (Lipinski definition) is 4. The summed E-state index contributed by atoms with van der Waals surface area (Å²) in [6.45, 7) is 2.38. The lowest BCUT2D eigenvalue weighted by molar-refractivity contribution is -0.125. The van der Waals surface area contributed by atoms with E-state index in [4.69, 9.17) is 21.1 Å². The third kappa shape index (κ3) is 4.81. The molecule has 0 fully saturated rings. The molecular weight excluding hydrogens is 416 g/mol. The van der Waals surface area contributed by atoms with Gasteiger partial charge >= 0.3 is 0 Å². The molecule has 0 aliphatic carbocycles. The zero-order valence-corrected chi connectivity index (χ0v) is 17.6. The summed E-state index contributed by atoms with van der Waals surface area (Å²) in [5.74, 6) is 0.854. The van der Waals surface area contributed by atoms with E-state index < -0.39 is 6.10 Å².